The molecule has 0 saturated heterocycles. The van der Waals surface area contributed by atoms with Crippen molar-refractivity contribution in [1.82, 2.24) is 9.97 Å². The molecule has 0 radical (unpaired) electrons. The normalized spacial score (nSPS) is 10.1. The third-order valence-corrected chi connectivity index (χ3v) is 2.50. The molecule has 0 atom stereocenters. The van der Waals surface area contributed by atoms with Crippen molar-refractivity contribution in [1.29, 1.82) is 0 Å². The van der Waals surface area contributed by atoms with Gasteiger partial charge in [-0.05, 0) is 18.2 Å². The van der Waals surface area contributed by atoms with Crippen molar-refractivity contribution < 1.29 is 9.90 Å². The molecule has 2 rings (SSSR count). The van der Waals surface area contributed by atoms with Gasteiger partial charge in [-0.1, -0.05) is 28.1 Å². The van der Waals surface area contributed by atoms with Crippen molar-refractivity contribution in [3.8, 4) is 11.3 Å². The van der Waals surface area contributed by atoms with Crippen molar-refractivity contribution in [2.75, 3.05) is 0 Å². The third kappa shape index (κ3) is 2.25. The summed E-state index contributed by atoms with van der Waals surface area (Å²) >= 11 is 3.35. The van der Waals surface area contributed by atoms with E-state index in [0.717, 1.165) is 10.0 Å². The van der Waals surface area contributed by atoms with E-state index in [1.165, 1.54) is 12.4 Å². The van der Waals surface area contributed by atoms with Crippen LogP contribution < -0.4 is 0 Å². The van der Waals surface area contributed by atoms with Crippen molar-refractivity contribution in [2.45, 2.75) is 0 Å². The van der Waals surface area contributed by atoms with E-state index in [9.17, 15) is 4.79 Å². The van der Waals surface area contributed by atoms with Crippen molar-refractivity contribution >= 4 is 21.9 Å². The molecule has 80 valence electrons. The number of carbonyl (C=O) groups is 1. The van der Waals surface area contributed by atoms with E-state index in [2.05, 4.69) is 25.9 Å². The zero-order chi connectivity index (χ0) is 11.5. The average Bonchev–Trinajstić information content (AvgIpc) is 2.29. The Morgan fingerprint density at radius 2 is 2.06 bits per heavy atom. The highest BCUT2D eigenvalue weighted by molar-refractivity contribution is 9.10. The minimum atomic E-state index is -1.06. The summed E-state index contributed by atoms with van der Waals surface area (Å²) in [5.74, 6) is -1.06. The molecule has 0 aliphatic carbocycles. The lowest BCUT2D eigenvalue weighted by Crippen LogP contribution is -2.01. The summed E-state index contributed by atoms with van der Waals surface area (Å²) in [6.45, 7) is 0. The fraction of sp³-hybridized carbons (Fsp3) is 0. The predicted octanol–water partition coefficient (Wildman–Crippen LogP) is 2.60. The van der Waals surface area contributed by atoms with Gasteiger partial charge in [0.1, 0.15) is 6.33 Å². The summed E-state index contributed by atoms with van der Waals surface area (Å²) in [4.78, 5) is 18.5. The van der Waals surface area contributed by atoms with Gasteiger partial charge >= 0.3 is 5.97 Å². The Balaban J connectivity index is 2.48. The van der Waals surface area contributed by atoms with E-state index in [1.807, 2.05) is 24.3 Å². The zero-order valence-corrected chi connectivity index (χ0v) is 9.68. The maximum Gasteiger partial charge on any atom is 0.354 e. The van der Waals surface area contributed by atoms with Gasteiger partial charge in [0.2, 0.25) is 0 Å². The van der Waals surface area contributed by atoms with Crippen molar-refractivity contribution in [3.05, 3.63) is 46.8 Å². The standard InChI is InChI=1S/C11H7BrN2O2/c12-8-3-1-2-7(4-8)9-5-10(11(15)16)14-6-13-9/h1-6H,(H,15,16). The van der Waals surface area contributed by atoms with Crippen LogP contribution in [0.25, 0.3) is 11.3 Å². The number of rotatable bonds is 2. The van der Waals surface area contributed by atoms with Crippen LogP contribution in [-0.2, 0) is 0 Å². The van der Waals surface area contributed by atoms with E-state index in [0.29, 0.717) is 5.69 Å². The molecule has 0 amide bonds. The van der Waals surface area contributed by atoms with Gasteiger partial charge in [-0.3, -0.25) is 0 Å². The molecule has 0 aliphatic heterocycles. The van der Waals surface area contributed by atoms with Crippen LogP contribution in [0.2, 0.25) is 0 Å². The lowest BCUT2D eigenvalue weighted by atomic mass is 10.1. The third-order valence-electron chi connectivity index (χ3n) is 2.01. The van der Waals surface area contributed by atoms with E-state index >= 15 is 0 Å². The molecule has 1 aromatic heterocycles. The van der Waals surface area contributed by atoms with Gasteiger partial charge in [0, 0.05) is 10.0 Å². The highest BCUT2D eigenvalue weighted by Crippen LogP contribution is 2.21. The Hall–Kier alpha value is -1.75. The topological polar surface area (TPSA) is 63.1 Å². The first-order chi connectivity index (χ1) is 7.66. The molecular weight excluding hydrogens is 272 g/mol. The summed E-state index contributed by atoms with van der Waals surface area (Å²) < 4.78 is 0.917. The Bertz CT molecular complexity index is 543. The summed E-state index contributed by atoms with van der Waals surface area (Å²) in [6, 6.07) is 8.93. The predicted molar refractivity (Wildman–Crippen MR) is 62.1 cm³/mol. The number of benzene rings is 1. The van der Waals surface area contributed by atoms with Gasteiger partial charge in [-0.2, -0.15) is 0 Å². The first kappa shape index (κ1) is 10.8. The van der Waals surface area contributed by atoms with Gasteiger partial charge in [-0.15, -0.1) is 0 Å². The quantitative estimate of drug-likeness (QED) is 0.917. The van der Waals surface area contributed by atoms with Crippen LogP contribution in [0.5, 0.6) is 0 Å². The Morgan fingerprint density at radius 3 is 2.75 bits per heavy atom. The minimum absolute atomic E-state index is 0.00928. The lowest BCUT2D eigenvalue weighted by molar-refractivity contribution is 0.0690. The molecule has 0 unspecified atom stereocenters. The lowest BCUT2D eigenvalue weighted by Gasteiger charge is -2.01. The fourth-order valence-corrected chi connectivity index (χ4v) is 1.68. The molecule has 0 spiro atoms. The van der Waals surface area contributed by atoms with Crippen LogP contribution in [0.4, 0.5) is 0 Å². The van der Waals surface area contributed by atoms with Gasteiger partial charge in [0.25, 0.3) is 0 Å². The number of halogens is 1. The highest BCUT2D eigenvalue weighted by Gasteiger charge is 2.07. The molecule has 0 aliphatic rings. The molecule has 5 heteroatoms. The average molecular weight is 279 g/mol. The summed E-state index contributed by atoms with van der Waals surface area (Å²) in [5.41, 5.74) is 1.43. The Morgan fingerprint density at radius 1 is 1.25 bits per heavy atom. The molecular formula is C11H7BrN2O2. The van der Waals surface area contributed by atoms with Crippen molar-refractivity contribution in [3.63, 3.8) is 0 Å². The van der Waals surface area contributed by atoms with Crippen LogP contribution in [0.3, 0.4) is 0 Å². The Labute approximate surface area is 100 Å². The molecule has 2 aromatic rings. The second-order valence-electron chi connectivity index (χ2n) is 3.10. The number of hydrogen-bond acceptors (Lipinski definition) is 3. The molecule has 0 fully saturated rings. The van der Waals surface area contributed by atoms with Gasteiger partial charge in [-0.25, -0.2) is 14.8 Å². The molecule has 1 heterocycles. The van der Waals surface area contributed by atoms with E-state index in [-0.39, 0.29) is 5.69 Å². The highest BCUT2D eigenvalue weighted by atomic mass is 79.9. The molecule has 16 heavy (non-hydrogen) atoms. The minimum Gasteiger partial charge on any atom is -0.477 e. The monoisotopic (exact) mass is 278 g/mol. The number of carboxylic acid groups (broad SMARTS) is 1. The van der Waals surface area contributed by atoms with Crippen LogP contribution in [0.15, 0.2) is 41.1 Å². The molecule has 4 nitrogen and oxygen atoms in total. The SMILES string of the molecule is O=C(O)c1cc(-c2cccc(Br)c2)ncn1. The number of aromatic nitrogens is 2. The van der Waals surface area contributed by atoms with Crippen LogP contribution in [0.1, 0.15) is 10.5 Å². The number of carboxylic acids is 1. The van der Waals surface area contributed by atoms with Crippen LogP contribution >= 0.6 is 15.9 Å². The first-order valence-electron chi connectivity index (χ1n) is 4.48. The summed E-state index contributed by atoms with van der Waals surface area (Å²) in [5, 5.41) is 8.81. The van der Waals surface area contributed by atoms with E-state index < -0.39 is 5.97 Å². The zero-order valence-electron chi connectivity index (χ0n) is 8.09. The molecule has 1 aromatic carbocycles. The second kappa shape index (κ2) is 4.40. The van der Waals surface area contributed by atoms with E-state index in [4.69, 9.17) is 5.11 Å². The van der Waals surface area contributed by atoms with Crippen LogP contribution in [-0.4, -0.2) is 21.0 Å². The first-order valence-corrected chi connectivity index (χ1v) is 5.27. The molecule has 0 bridgehead atoms. The molecule has 0 saturated carbocycles. The number of aromatic carboxylic acids is 1. The largest absolute Gasteiger partial charge is 0.477 e. The number of nitrogens with zero attached hydrogens (tertiary/aromatic N) is 2. The van der Waals surface area contributed by atoms with Crippen LogP contribution in [0, 0.1) is 0 Å². The number of hydrogen-bond donors (Lipinski definition) is 1. The second-order valence-corrected chi connectivity index (χ2v) is 4.02. The van der Waals surface area contributed by atoms with Gasteiger partial charge in [0.05, 0.1) is 5.69 Å². The smallest absolute Gasteiger partial charge is 0.354 e. The summed E-state index contributed by atoms with van der Waals surface area (Å²) in [7, 11) is 0. The van der Waals surface area contributed by atoms with Gasteiger partial charge < -0.3 is 5.11 Å². The van der Waals surface area contributed by atoms with Gasteiger partial charge in [0.15, 0.2) is 5.69 Å². The van der Waals surface area contributed by atoms with E-state index in [1.54, 1.807) is 0 Å². The van der Waals surface area contributed by atoms with Crippen molar-refractivity contribution in [2.24, 2.45) is 0 Å². The maximum absolute atomic E-state index is 10.8. The Kier molecular flexibility index (Phi) is 2.96. The molecule has 1 N–H and O–H groups in total. The summed E-state index contributed by atoms with van der Waals surface area (Å²) in [6.07, 6.45) is 1.25. The maximum atomic E-state index is 10.8. The fourth-order valence-electron chi connectivity index (χ4n) is 1.28.